The average Bonchev–Trinajstić information content (AvgIpc) is 3.06. The van der Waals surface area contributed by atoms with E-state index in [0.717, 1.165) is 12.3 Å². The van der Waals surface area contributed by atoms with E-state index >= 15 is 0 Å². The molecule has 2 nitrogen and oxygen atoms in total. The van der Waals surface area contributed by atoms with Gasteiger partial charge in [0.1, 0.15) is 0 Å². The molecule has 0 radical (unpaired) electrons. The van der Waals surface area contributed by atoms with Crippen LogP contribution in [0, 0.1) is 22.7 Å². The van der Waals surface area contributed by atoms with E-state index in [0.29, 0.717) is 5.41 Å². The van der Waals surface area contributed by atoms with Gasteiger partial charge in [0, 0.05) is 19.5 Å². The molecule has 2 rings (SSSR count). The summed E-state index contributed by atoms with van der Waals surface area (Å²) >= 11 is 0. The van der Waals surface area contributed by atoms with Crippen molar-refractivity contribution in [1.29, 1.82) is 5.26 Å². The molecule has 0 N–H and O–H groups in total. The monoisotopic (exact) mass is 206 g/mol. The number of hydrogen-bond donors (Lipinski definition) is 0. The third-order valence-electron chi connectivity index (χ3n) is 3.72. The van der Waals surface area contributed by atoms with Crippen LogP contribution < -0.4 is 0 Å². The van der Waals surface area contributed by atoms with Crippen LogP contribution in [0.1, 0.15) is 45.4 Å². The normalized spacial score (nSPS) is 22.7. The highest BCUT2D eigenvalue weighted by atomic mass is 15.1. The SMILES string of the molecule is CCCN(CC1CC1)CC1(CC#N)CC1. The van der Waals surface area contributed by atoms with E-state index < -0.39 is 0 Å². The standard InChI is InChI=1S/C13H22N2/c1-2-9-15(10-12-3-4-12)11-13(5-6-13)7-8-14/h12H,2-7,9-11H2,1H3. The largest absolute Gasteiger partial charge is 0.302 e. The van der Waals surface area contributed by atoms with E-state index in [-0.39, 0.29) is 0 Å². The lowest BCUT2D eigenvalue weighted by atomic mass is 10.0. The zero-order valence-corrected chi connectivity index (χ0v) is 9.84. The van der Waals surface area contributed by atoms with Crippen molar-refractivity contribution in [3.63, 3.8) is 0 Å². The van der Waals surface area contributed by atoms with E-state index in [1.54, 1.807) is 0 Å². The summed E-state index contributed by atoms with van der Waals surface area (Å²) in [6.07, 6.45) is 7.46. The fourth-order valence-electron chi connectivity index (χ4n) is 2.43. The zero-order chi connectivity index (χ0) is 10.7. The van der Waals surface area contributed by atoms with Crippen LogP contribution in [-0.2, 0) is 0 Å². The Morgan fingerprint density at radius 2 is 2.13 bits per heavy atom. The molecule has 2 aliphatic rings. The average molecular weight is 206 g/mol. The van der Waals surface area contributed by atoms with Crippen LogP contribution in [0.5, 0.6) is 0 Å². The van der Waals surface area contributed by atoms with Crippen molar-refractivity contribution in [1.82, 2.24) is 4.90 Å². The summed E-state index contributed by atoms with van der Waals surface area (Å²) in [6.45, 7) is 5.96. The summed E-state index contributed by atoms with van der Waals surface area (Å²) in [7, 11) is 0. The molecule has 2 heteroatoms. The predicted molar refractivity (Wildman–Crippen MR) is 61.4 cm³/mol. The van der Waals surface area contributed by atoms with Gasteiger partial charge in [-0.2, -0.15) is 5.26 Å². The second-order valence-electron chi connectivity index (χ2n) is 5.51. The summed E-state index contributed by atoms with van der Waals surface area (Å²) in [5.41, 5.74) is 0.402. The van der Waals surface area contributed by atoms with Crippen molar-refractivity contribution < 1.29 is 0 Å². The van der Waals surface area contributed by atoms with Crippen LogP contribution in [0.3, 0.4) is 0 Å². The lowest BCUT2D eigenvalue weighted by Crippen LogP contribution is -2.33. The third kappa shape index (κ3) is 3.21. The molecule has 84 valence electrons. The van der Waals surface area contributed by atoms with Gasteiger partial charge < -0.3 is 4.90 Å². The van der Waals surface area contributed by atoms with Gasteiger partial charge in [0.15, 0.2) is 0 Å². The van der Waals surface area contributed by atoms with Crippen molar-refractivity contribution in [2.75, 3.05) is 19.6 Å². The second kappa shape index (κ2) is 4.53. The summed E-state index contributed by atoms with van der Waals surface area (Å²) in [5.74, 6) is 0.981. The molecule has 0 amide bonds. The predicted octanol–water partition coefficient (Wildman–Crippen LogP) is 2.80. The molecule has 0 aromatic heterocycles. The van der Waals surface area contributed by atoms with Crippen molar-refractivity contribution >= 4 is 0 Å². The van der Waals surface area contributed by atoms with Crippen molar-refractivity contribution in [3.05, 3.63) is 0 Å². The first-order chi connectivity index (χ1) is 7.28. The molecule has 0 bridgehead atoms. The molecule has 0 atom stereocenters. The Balaban J connectivity index is 1.79. The lowest BCUT2D eigenvalue weighted by Gasteiger charge is -2.25. The van der Waals surface area contributed by atoms with E-state index in [9.17, 15) is 0 Å². The Labute approximate surface area is 93.3 Å². The fraction of sp³-hybridized carbons (Fsp3) is 0.923. The zero-order valence-electron chi connectivity index (χ0n) is 9.84. The molecule has 2 saturated carbocycles. The van der Waals surface area contributed by atoms with Gasteiger partial charge in [0.25, 0.3) is 0 Å². The van der Waals surface area contributed by atoms with Gasteiger partial charge in [-0.05, 0) is 50.0 Å². The van der Waals surface area contributed by atoms with E-state index in [1.165, 1.54) is 51.7 Å². The molecule has 15 heavy (non-hydrogen) atoms. The maximum atomic E-state index is 8.81. The molecule has 0 heterocycles. The molecule has 0 unspecified atom stereocenters. The quantitative estimate of drug-likeness (QED) is 0.640. The number of nitrogens with zero attached hydrogens (tertiary/aromatic N) is 2. The summed E-state index contributed by atoms with van der Waals surface area (Å²) < 4.78 is 0. The maximum Gasteiger partial charge on any atom is 0.0628 e. The van der Waals surface area contributed by atoms with Gasteiger partial charge >= 0.3 is 0 Å². The molecule has 2 aliphatic carbocycles. The minimum absolute atomic E-state index is 0.402. The van der Waals surface area contributed by atoms with Crippen LogP contribution in [-0.4, -0.2) is 24.5 Å². The molecule has 2 fully saturated rings. The van der Waals surface area contributed by atoms with Gasteiger partial charge in [0.05, 0.1) is 6.07 Å². The molecule has 0 saturated heterocycles. The highest BCUT2D eigenvalue weighted by Crippen LogP contribution is 2.49. The Morgan fingerprint density at radius 1 is 1.40 bits per heavy atom. The first-order valence-corrected chi connectivity index (χ1v) is 6.37. The highest BCUT2D eigenvalue weighted by molar-refractivity contribution is 5.01. The van der Waals surface area contributed by atoms with E-state index in [2.05, 4.69) is 17.9 Å². The molecule has 0 aliphatic heterocycles. The summed E-state index contributed by atoms with van der Waals surface area (Å²) in [5, 5.41) is 8.81. The van der Waals surface area contributed by atoms with Crippen LogP contribution in [0.15, 0.2) is 0 Å². The molecule has 0 aromatic rings. The smallest absolute Gasteiger partial charge is 0.0628 e. The van der Waals surface area contributed by atoms with Crippen LogP contribution >= 0.6 is 0 Å². The molecular formula is C13H22N2. The third-order valence-corrected chi connectivity index (χ3v) is 3.72. The Kier molecular flexibility index (Phi) is 3.31. The Bertz CT molecular complexity index is 246. The number of rotatable bonds is 7. The van der Waals surface area contributed by atoms with E-state index in [1.807, 2.05) is 0 Å². The minimum atomic E-state index is 0.402. The van der Waals surface area contributed by atoms with Crippen molar-refractivity contribution in [3.8, 4) is 6.07 Å². The first-order valence-electron chi connectivity index (χ1n) is 6.37. The van der Waals surface area contributed by atoms with Crippen molar-refractivity contribution in [2.24, 2.45) is 11.3 Å². The van der Waals surface area contributed by atoms with Gasteiger partial charge in [-0.3, -0.25) is 0 Å². The van der Waals surface area contributed by atoms with Crippen LogP contribution in [0.2, 0.25) is 0 Å². The van der Waals surface area contributed by atoms with Gasteiger partial charge in [-0.25, -0.2) is 0 Å². The van der Waals surface area contributed by atoms with Gasteiger partial charge in [0.2, 0.25) is 0 Å². The van der Waals surface area contributed by atoms with E-state index in [4.69, 9.17) is 5.26 Å². The molecule has 0 spiro atoms. The Hall–Kier alpha value is -0.550. The Morgan fingerprint density at radius 3 is 2.60 bits per heavy atom. The van der Waals surface area contributed by atoms with Crippen LogP contribution in [0.25, 0.3) is 0 Å². The number of nitriles is 1. The van der Waals surface area contributed by atoms with Gasteiger partial charge in [-0.1, -0.05) is 6.92 Å². The van der Waals surface area contributed by atoms with Crippen molar-refractivity contribution in [2.45, 2.75) is 45.4 Å². The number of hydrogen-bond acceptors (Lipinski definition) is 2. The lowest BCUT2D eigenvalue weighted by molar-refractivity contribution is 0.212. The topological polar surface area (TPSA) is 27.0 Å². The summed E-state index contributed by atoms with van der Waals surface area (Å²) in [6, 6.07) is 2.36. The minimum Gasteiger partial charge on any atom is -0.302 e. The van der Waals surface area contributed by atoms with Crippen LogP contribution in [0.4, 0.5) is 0 Å². The highest BCUT2D eigenvalue weighted by Gasteiger charge is 2.43. The molecular weight excluding hydrogens is 184 g/mol. The van der Waals surface area contributed by atoms with Gasteiger partial charge in [-0.15, -0.1) is 0 Å². The fourth-order valence-corrected chi connectivity index (χ4v) is 2.43. The molecule has 0 aromatic carbocycles. The first kappa shape index (κ1) is 11.0. The summed E-state index contributed by atoms with van der Waals surface area (Å²) in [4.78, 5) is 2.61. The second-order valence-corrected chi connectivity index (χ2v) is 5.51. The maximum absolute atomic E-state index is 8.81.